The van der Waals surface area contributed by atoms with E-state index in [9.17, 15) is 4.79 Å². The van der Waals surface area contributed by atoms with Gasteiger partial charge in [-0.05, 0) is 26.7 Å². The van der Waals surface area contributed by atoms with Crippen LogP contribution < -0.4 is 0 Å². The van der Waals surface area contributed by atoms with Gasteiger partial charge >= 0.3 is 5.97 Å². The van der Waals surface area contributed by atoms with Gasteiger partial charge in [-0.25, -0.2) is 0 Å². The topological polar surface area (TPSA) is 37.3 Å². The standard InChI is InChI=1S/C11H20O2/c1-4-5-6-7-8-9(2)10(3)11(12)13/h8,10H,4-7H2,1-3H3,(H,12,13). The number of rotatable bonds is 6. The summed E-state index contributed by atoms with van der Waals surface area (Å²) >= 11 is 0. The molecule has 1 unspecified atom stereocenters. The van der Waals surface area contributed by atoms with E-state index in [1.807, 2.05) is 6.92 Å². The number of aliphatic carboxylic acids is 1. The number of carbonyl (C=O) groups is 1. The molecule has 0 heterocycles. The molecule has 0 aliphatic rings. The normalized spacial score (nSPS) is 14.2. The minimum atomic E-state index is -0.732. The highest BCUT2D eigenvalue weighted by molar-refractivity contribution is 5.72. The summed E-state index contributed by atoms with van der Waals surface area (Å²) < 4.78 is 0. The predicted octanol–water partition coefficient (Wildman–Crippen LogP) is 3.23. The van der Waals surface area contributed by atoms with E-state index < -0.39 is 5.97 Å². The Bertz CT molecular complexity index is 183. The van der Waals surface area contributed by atoms with E-state index in [1.54, 1.807) is 6.92 Å². The van der Waals surface area contributed by atoms with Gasteiger partial charge in [0.1, 0.15) is 0 Å². The molecule has 0 fully saturated rings. The number of carboxylic acid groups (broad SMARTS) is 1. The average molecular weight is 184 g/mol. The molecule has 1 N–H and O–H groups in total. The van der Waals surface area contributed by atoms with Gasteiger partial charge in [0.25, 0.3) is 0 Å². The van der Waals surface area contributed by atoms with Crippen molar-refractivity contribution < 1.29 is 9.90 Å². The third-order valence-corrected chi connectivity index (χ3v) is 2.33. The fourth-order valence-corrected chi connectivity index (χ4v) is 1.10. The van der Waals surface area contributed by atoms with Gasteiger partial charge in [0.2, 0.25) is 0 Å². The van der Waals surface area contributed by atoms with Crippen molar-refractivity contribution in [2.24, 2.45) is 5.92 Å². The van der Waals surface area contributed by atoms with E-state index in [-0.39, 0.29) is 5.92 Å². The predicted molar refractivity (Wildman–Crippen MR) is 54.7 cm³/mol. The lowest BCUT2D eigenvalue weighted by Crippen LogP contribution is -2.10. The van der Waals surface area contributed by atoms with E-state index in [1.165, 1.54) is 19.3 Å². The van der Waals surface area contributed by atoms with Crippen molar-refractivity contribution in [3.63, 3.8) is 0 Å². The number of unbranched alkanes of at least 4 members (excludes halogenated alkanes) is 3. The van der Waals surface area contributed by atoms with Crippen molar-refractivity contribution in [2.45, 2.75) is 46.5 Å². The molecule has 13 heavy (non-hydrogen) atoms. The molecule has 0 aliphatic heterocycles. The van der Waals surface area contributed by atoms with Gasteiger partial charge in [0.15, 0.2) is 0 Å². The van der Waals surface area contributed by atoms with Gasteiger partial charge in [-0.15, -0.1) is 0 Å². The highest BCUT2D eigenvalue weighted by Gasteiger charge is 2.11. The third kappa shape index (κ3) is 5.45. The molecular weight excluding hydrogens is 164 g/mol. The van der Waals surface area contributed by atoms with Crippen LogP contribution >= 0.6 is 0 Å². The van der Waals surface area contributed by atoms with Crippen LogP contribution in [-0.2, 0) is 4.79 Å². The second-order valence-electron chi connectivity index (χ2n) is 3.50. The van der Waals surface area contributed by atoms with Crippen molar-refractivity contribution in [2.75, 3.05) is 0 Å². The zero-order valence-corrected chi connectivity index (χ0v) is 8.84. The molecule has 0 spiro atoms. The lowest BCUT2D eigenvalue weighted by Gasteiger charge is -2.05. The third-order valence-electron chi connectivity index (χ3n) is 2.33. The Kier molecular flexibility index (Phi) is 6.29. The Labute approximate surface area is 80.7 Å². The lowest BCUT2D eigenvalue weighted by molar-refractivity contribution is -0.139. The zero-order valence-electron chi connectivity index (χ0n) is 8.84. The summed E-state index contributed by atoms with van der Waals surface area (Å²) in [6.07, 6.45) is 6.67. The average Bonchev–Trinajstić information content (AvgIpc) is 2.10. The monoisotopic (exact) mass is 184 g/mol. The summed E-state index contributed by atoms with van der Waals surface area (Å²) in [4.78, 5) is 10.6. The van der Waals surface area contributed by atoms with Gasteiger partial charge in [-0.2, -0.15) is 0 Å². The summed E-state index contributed by atoms with van der Waals surface area (Å²) in [5, 5.41) is 8.71. The number of hydrogen-bond acceptors (Lipinski definition) is 1. The Hall–Kier alpha value is -0.790. The first-order valence-electron chi connectivity index (χ1n) is 4.99. The van der Waals surface area contributed by atoms with Gasteiger partial charge in [0.05, 0.1) is 5.92 Å². The molecule has 0 aliphatic carbocycles. The minimum absolute atomic E-state index is 0.332. The lowest BCUT2D eigenvalue weighted by atomic mass is 10.0. The molecule has 0 aromatic rings. The number of carboxylic acids is 1. The molecule has 1 atom stereocenters. The highest BCUT2D eigenvalue weighted by atomic mass is 16.4. The van der Waals surface area contributed by atoms with E-state index in [2.05, 4.69) is 13.0 Å². The Morgan fingerprint density at radius 1 is 1.46 bits per heavy atom. The van der Waals surface area contributed by atoms with Crippen LogP contribution in [0.25, 0.3) is 0 Å². The van der Waals surface area contributed by atoms with E-state index in [4.69, 9.17) is 5.11 Å². The van der Waals surface area contributed by atoms with E-state index in [0.717, 1.165) is 12.0 Å². The van der Waals surface area contributed by atoms with Crippen molar-refractivity contribution in [1.82, 2.24) is 0 Å². The highest BCUT2D eigenvalue weighted by Crippen LogP contribution is 2.12. The molecule has 0 rings (SSSR count). The number of allylic oxidation sites excluding steroid dienone is 1. The Morgan fingerprint density at radius 2 is 2.08 bits per heavy atom. The Morgan fingerprint density at radius 3 is 2.54 bits per heavy atom. The maximum absolute atomic E-state index is 10.6. The zero-order chi connectivity index (χ0) is 10.3. The molecule has 0 saturated carbocycles. The summed E-state index contributed by atoms with van der Waals surface area (Å²) in [5.74, 6) is -1.06. The fourth-order valence-electron chi connectivity index (χ4n) is 1.10. The maximum Gasteiger partial charge on any atom is 0.310 e. The second-order valence-corrected chi connectivity index (χ2v) is 3.50. The van der Waals surface area contributed by atoms with Gasteiger partial charge in [-0.3, -0.25) is 4.79 Å². The van der Waals surface area contributed by atoms with Crippen LogP contribution in [-0.4, -0.2) is 11.1 Å². The molecule has 76 valence electrons. The van der Waals surface area contributed by atoms with Crippen LogP contribution in [0.2, 0.25) is 0 Å². The minimum Gasteiger partial charge on any atom is -0.481 e. The van der Waals surface area contributed by atoms with Crippen molar-refractivity contribution >= 4 is 5.97 Å². The second kappa shape index (κ2) is 6.70. The first-order valence-corrected chi connectivity index (χ1v) is 4.99. The first kappa shape index (κ1) is 12.2. The van der Waals surface area contributed by atoms with E-state index >= 15 is 0 Å². The molecule has 0 amide bonds. The molecule has 0 aromatic heterocycles. The molecule has 2 nitrogen and oxygen atoms in total. The number of hydrogen-bond donors (Lipinski definition) is 1. The summed E-state index contributed by atoms with van der Waals surface area (Å²) in [6.45, 7) is 5.79. The molecule has 0 bridgehead atoms. The van der Waals surface area contributed by atoms with Gasteiger partial charge in [0, 0.05) is 0 Å². The van der Waals surface area contributed by atoms with Gasteiger partial charge in [-0.1, -0.05) is 31.4 Å². The van der Waals surface area contributed by atoms with Crippen LogP contribution in [0.5, 0.6) is 0 Å². The molecule has 0 radical (unpaired) electrons. The summed E-state index contributed by atoms with van der Waals surface area (Å²) in [5.41, 5.74) is 0.976. The van der Waals surface area contributed by atoms with Crippen LogP contribution in [0.1, 0.15) is 46.5 Å². The maximum atomic E-state index is 10.6. The largest absolute Gasteiger partial charge is 0.481 e. The van der Waals surface area contributed by atoms with Crippen LogP contribution in [0.15, 0.2) is 11.6 Å². The van der Waals surface area contributed by atoms with Gasteiger partial charge < -0.3 is 5.11 Å². The van der Waals surface area contributed by atoms with Crippen molar-refractivity contribution in [3.05, 3.63) is 11.6 Å². The smallest absolute Gasteiger partial charge is 0.310 e. The first-order chi connectivity index (χ1) is 6.09. The van der Waals surface area contributed by atoms with Crippen LogP contribution in [0.3, 0.4) is 0 Å². The summed E-state index contributed by atoms with van der Waals surface area (Å²) in [7, 11) is 0. The van der Waals surface area contributed by atoms with Crippen LogP contribution in [0, 0.1) is 5.92 Å². The van der Waals surface area contributed by atoms with Crippen molar-refractivity contribution in [3.8, 4) is 0 Å². The molecule has 0 saturated heterocycles. The SMILES string of the molecule is CCCCCC=C(C)C(C)C(=O)O. The Balaban J connectivity index is 3.80. The quantitative estimate of drug-likeness (QED) is 0.508. The van der Waals surface area contributed by atoms with Crippen LogP contribution in [0.4, 0.5) is 0 Å². The van der Waals surface area contributed by atoms with E-state index in [0.29, 0.717) is 0 Å². The molecule has 2 heteroatoms. The fraction of sp³-hybridized carbons (Fsp3) is 0.727. The molecular formula is C11H20O2. The van der Waals surface area contributed by atoms with Crippen molar-refractivity contribution in [1.29, 1.82) is 0 Å². The summed E-state index contributed by atoms with van der Waals surface area (Å²) in [6, 6.07) is 0. The molecule has 0 aromatic carbocycles.